The summed E-state index contributed by atoms with van der Waals surface area (Å²) in [6.07, 6.45) is 6.69. The minimum Gasteiger partial charge on any atom is -0.389 e. The monoisotopic (exact) mass is 225 g/mol. The van der Waals surface area contributed by atoms with E-state index in [9.17, 15) is 5.11 Å². The molecule has 2 saturated carbocycles. The third kappa shape index (κ3) is 2.43. The van der Waals surface area contributed by atoms with Gasteiger partial charge in [-0.2, -0.15) is 0 Å². The summed E-state index contributed by atoms with van der Waals surface area (Å²) in [7, 11) is 0. The predicted octanol–water partition coefficient (Wildman–Crippen LogP) is 2.56. The molecule has 2 bridgehead atoms. The second-order valence-electron chi connectivity index (χ2n) is 6.33. The van der Waals surface area contributed by atoms with Crippen LogP contribution < -0.4 is 5.32 Å². The Hall–Kier alpha value is -0.0800. The molecule has 5 unspecified atom stereocenters. The highest BCUT2D eigenvalue weighted by Crippen LogP contribution is 2.44. The van der Waals surface area contributed by atoms with Crippen LogP contribution in [0.3, 0.4) is 0 Å². The van der Waals surface area contributed by atoms with Crippen LogP contribution in [0.1, 0.15) is 52.9 Å². The molecule has 0 radical (unpaired) electrons. The number of aliphatic hydroxyl groups is 1. The van der Waals surface area contributed by atoms with Gasteiger partial charge in [0.25, 0.3) is 0 Å². The molecule has 0 aromatic carbocycles. The number of hydrogen-bond acceptors (Lipinski definition) is 2. The molecule has 5 atom stereocenters. The van der Waals surface area contributed by atoms with E-state index >= 15 is 0 Å². The van der Waals surface area contributed by atoms with E-state index in [1.807, 2.05) is 6.92 Å². The molecule has 2 heteroatoms. The second-order valence-corrected chi connectivity index (χ2v) is 6.33. The molecule has 2 aliphatic carbocycles. The predicted molar refractivity (Wildman–Crippen MR) is 67.3 cm³/mol. The zero-order valence-electron chi connectivity index (χ0n) is 11.0. The molecule has 16 heavy (non-hydrogen) atoms. The van der Waals surface area contributed by atoms with Crippen molar-refractivity contribution >= 4 is 0 Å². The van der Waals surface area contributed by atoms with Crippen molar-refractivity contribution < 1.29 is 5.11 Å². The molecule has 0 aromatic heterocycles. The zero-order valence-corrected chi connectivity index (χ0v) is 11.0. The molecular weight excluding hydrogens is 198 g/mol. The molecule has 2 aliphatic rings. The van der Waals surface area contributed by atoms with Gasteiger partial charge in [-0.05, 0) is 43.9 Å². The molecule has 2 fully saturated rings. The SMILES string of the molecule is CCC(C)C(C)(O)CNC1CC2CCC1C2. The summed E-state index contributed by atoms with van der Waals surface area (Å²) in [6, 6.07) is 0.689. The quantitative estimate of drug-likeness (QED) is 0.753. The van der Waals surface area contributed by atoms with Crippen molar-refractivity contribution in [2.75, 3.05) is 6.54 Å². The van der Waals surface area contributed by atoms with Gasteiger partial charge in [-0.25, -0.2) is 0 Å². The van der Waals surface area contributed by atoms with Gasteiger partial charge in [0.15, 0.2) is 0 Å². The first-order chi connectivity index (χ1) is 7.53. The lowest BCUT2D eigenvalue weighted by atomic mass is 9.87. The van der Waals surface area contributed by atoms with Crippen LogP contribution in [0, 0.1) is 17.8 Å². The van der Waals surface area contributed by atoms with E-state index in [0.29, 0.717) is 12.0 Å². The first kappa shape index (κ1) is 12.4. The molecule has 0 aromatic rings. The van der Waals surface area contributed by atoms with Gasteiger partial charge < -0.3 is 10.4 Å². The molecule has 2 nitrogen and oxygen atoms in total. The third-order valence-corrected chi connectivity index (χ3v) is 5.13. The Morgan fingerprint density at radius 2 is 2.12 bits per heavy atom. The number of nitrogens with one attached hydrogen (secondary N) is 1. The molecule has 0 heterocycles. The van der Waals surface area contributed by atoms with E-state index < -0.39 is 5.60 Å². The van der Waals surface area contributed by atoms with Crippen molar-refractivity contribution in [2.45, 2.75) is 64.5 Å². The highest BCUT2D eigenvalue weighted by atomic mass is 16.3. The third-order valence-electron chi connectivity index (χ3n) is 5.13. The minimum atomic E-state index is -0.545. The van der Waals surface area contributed by atoms with Crippen molar-refractivity contribution in [3.63, 3.8) is 0 Å². The van der Waals surface area contributed by atoms with Crippen molar-refractivity contribution in [1.29, 1.82) is 0 Å². The molecule has 0 aliphatic heterocycles. The van der Waals surface area contributed by atoms with Gasteiger partial charge >= 0.3 is 0 Å². The van der Waals surface area contributed by atoms with Gasteiger partial charge in [-0.1, -0.05) is 26.7 Å². The van der Waals surface area contributed by atoms with Gasteiger partial charge in [0.2, 0.25) is 0 Å². The van der Waals surface area contributed by atoms with Gasteiger partial charge in [0.1, 0.15) is 0 Å². The highest BCUT2D eigenvalue weighted by molar-refractivity contribution is 4.95. The van der Waals surface area contributed by atoms with E-state index in [1.54, 1.807) is 0 Å². The summed E-state index contributed by atoms with van der Waals surface area (Å²) < 4.78 is 0. The van der Waals surface area contributed by atoms with Crippen LogP contribution in [-0.4, -0.2) is 23.3 Å². The van der Waals surface area contributed by atoms with Gasteiger partial charge in [-0.15, -0.1) is 0 Å². The largest absolute Gasteiger partial charge is 0.389 e. The smallest absolute Gasteiger partial charge is 0.0768 e. The Morgan fingerprint density at radius 3 is 2.62 bits per heavy atom. The van der Waals surface area contributed by atoms with Crippen molar-refractivity contribution in [2.24, 2.45) is 17.8 Å². The summed E-state index contributed by atoms with van der Waals surface area (Å²) in [6.45, 7) is 7.02. The first-order valence-corrected chi connectivity index (χ1v) is 6.98. The average molecular weight is 225 g/mol. The van der Waals surface area contributed by atoms with E-state index in [1.165, 1.54) is 25.7 Å². The molecule has 0 amide bonds. The standard InChI is InChI=1S/C14H27NO/c1-4-10(2)14(3,16)9-15-13-8-11-5-6-12(13)7-11/h10-13,15-16H,4-9H2,1-3H3. The van der Waals surface area contributed by atoms with Crippen LogP contribution in [0.2, 0.25) is 0 Å². The molecule has 0 spiro atoms. The van der Waals surface area contributed by atoms with Crippen molar-refractivity contribution in [1.82, 2.24) is 5.32 Å². The Bertz CT molecular complexity index is 239. The average Bonchev–Trinajstić information content (AvgIpc) is 2.86. The summed E-state index contributed by atoms with van der Waals surface area (Å²) in [5, 5.41) is 14.0. The maximum atomic E-state index is 10.4. The molecule has 2 rings (SSSR count). The summed E-state index contributed by atoms with van der Waals surface area (Å²) in [5.41, 5.74) is -0.545. The summed E-state index contributed by atoms with van der Waals surface area (Å²) >= 11 is 0. The van der Waals surface area contributed by atoms with Crippen LogP contribution >= 0.6 is 0 Å². The lowest BCUT2D eigenvalue weighted by molar-refractivity contribution is 0.00179. The number of fused-ring (bicyclic) bond motifs is 2. The molecule has 2 N–H and O–H groups in total. The van der Waals surface area contributed by atoms with E-state index in [4.69, 9.17) is 0 Å². The van der Waals surface area contributed by atoms with E-state index in [2.05, 4.69) is 19.2 Å². The minimum absolute atomic E-state index is 0.374. The van der Waals surface area contributed by atoms with Gasteiger partial charge in [-0.3, -0.25) is 0 Å². The highest BCUT2D eigenvalue weighted by Gasteiger charge is 2.40. The zero-order chi connectivity index (χ0) is 11.8. The topological polar surface area (TPSA) is 32.3 Å². The van der Waals surface area contributed by atoms with Gasteiger partial charge in [0.05, 0.1) is 5.60 Å². The fraction of sp³-hybridized carbons (Fsp3) is 1.00. The summed E-state index contributed by atoms with van der Waals surface area (Å²) in [5.74, 6) is 2.26. The van der Waals surface area contributed by atoms with E-state index in [-0.39, 0.29) is 0 Å². The van der Waals surface area contributed by atoms with Crippen LogP contribution in [0.4, 0.5) is 0 Å². The Kier molecular flexibility index (Phi) is 3.60. The van der Waals surface area contributed by atoms with Crippen LogP contribution in [0.25, 0.3) is 0 Å². The maximum Gasteiger partial charge on any atom is 0.0768 e. The number of rotatable bonds is 5. The first-order valence-electron chi connectivity index (χ1n) is 6.98. The Morgan fingerprint density at radius 1 is 1.38 bits per heavy atom. The normalized spacial score (nSPS) is 38.6. The van der Waals surface area contributed by atoms with Crippen LogP contribution in [0.5, 0.6) is 0 Å². The van der Waals surface area contributed by atoms with E-state index in [0.717, 1.165) is 24.8 Å². The lowest BCUT2D eigenvalue weighted by Crippen LogP contribution is -2.47. The van der Waals surface area contributed by atoms with Crippen LogP contribution in [-0.2, 0) is 0 Å². The van der Waals surface area contributed by atoms with Crippen molar-refractivity contribution in [3.05, 3.63) is 0 Å². The Balaban J connectivity index is 1.79. The molecular formula is C14H27NO. The second kappa shape index (κ2) is 4.66. The Labute approximate surface area is 99.8 Å². The van der Waals surface area contributed by atoms with Crippen molar-refractivity contribution in [3.8, 4) is 0 Å². The number of hydrogen-bond donors (Lipinski definition) is 2. The maximum absolute atomic E-state index is 10.4. The summed E-state index contributed by atoms with van der Waals surface area (Å²) in [4.78, 5) is 0. The fourth-order valence-electron chi connectivity index (χ4n) is 3.45. The van der Waals surface area contributed by atoms with Gasteiger partial charge in [0, 0.05) is 12.6 Å². The molecule has 0 saturated heterocycles. The molecule has 94 valence electrons. The lowest BCUT2D eigenvalue weighted by Gasteiger charge is -2.33. The fourth-order valence-corrected chi connectivity index (χ4v) is 3.45. The van der Waals surface area contributed by atoms with Crippen LogP contribution in [0.15, 0.2) is 0 Å².